The predicted molar refractivity (Wildman–Crippen MR) is 89.0 cm³/mol. The van der Waals surface area contributed by atoms with Gasteiger partial charge in [0.05, 0.1) is 0 Å². The molecule has 3 unspecified atom stereocenters. The molecule has 0 aromatic heterocycles. The lowest BCUT2D eigenvalue weighted by atomic mass is 9.83. The van der Waals surface area contributed by atoms with Crippen molar-refractivity contribution >= 4 is 0 Å². The summed E-state index contributed by atoms with van der Waals surface area (Å²) in [5.41, 5.74) is 6.47. The van der Waals surface area contributed by atoms with Crippen molar-refractivity contribution in [3.63, 3.8) is 0 Å². The fourth-order valence-corrected chi connectivity index (χ4v) is 3.86. The van der Waals surface area contributed by atoms with Gasteiger partial charge < -0.3 is 5.73 Å². The molecule has 1 aliphatic rings. The Bertz CT molecular complexity index is 259. The average molecular weight is 284 g/mol. The lowest BCUT2D eigenvalue weighted by molar-refractivity contribution is 0.0801. The third-order valence-corrected chi connectivity index (χ3v) is 5.63. The van der Waals surface area contributed by atoms with E-state index in [2.05, 4.69) is 44.4 Å². The maximum Gasteiger partial charge on any atom is 0.0332 e. The van der Waals surface area contributed by atoms with Crippen LogP contribution in [0, 0.1) is 5.92 Å². The molecule has 0 aromatic rings. The van der Waals surface area contributed by atoms with E-state index in [1.807, 2.05) is 0 Å². The predicted octanol–water partition coefficient (Wildman–Crippen LogP) is 2.95. The van der Waals surface area contributed by atoms with Gasteiger partial charge in [-0.05, 0) is 38.3 Å². The molecule has 1 heterocycles. The maximum absolute atomic E-state index is 6.23. The van der Waals surface area contributed by atoms with E-state index >= 15 is 0 Å². The van der Waals surface area contributed by atoms with Crippen molar-refractivity contribution in [1.29, 1.82) is 0 Å². The number of hydrogen-bond donors (Lipinski definition) is 1. The molecular weight excluding hydrogens is 246 g/mol. The summed E-state index contributed by atoms with van der Waals surface area (Å²) in [6.07, 6.45) is 5.00. The van der Waals surface area contributed by atoms with Crippen LogP contribution in [-0.2, 0) is 0 Å². The molecule has 3 atom stereocenters. The molecule has 1 saturated heterocycles. The molecule has 2 N–H and O–H groups in total. The molecule has 3 heteroatoms. The van der Waals surface area contributed by atoms with Crippen LogP contribution in [0.25, 0.3) is 0 Å². The highest BCUT2D eigenvalue weighted by atomic mass is 15.3. The minimum atomic E-state index is 0.233. The van der Waals surface area contributed by atoms with Crippen molar-refractivity contribution in [2.24, 2.45) is 11.7 Å². The Hall–Kier alpha value is -0.120. The zero-order valence-electron chi connectivity index (χ0n) is 14.5. The van der Waals surface area contributed by atoms with E-state index in [4.69, 9.17) is 5.73 Å². The minimum absolute atomic E-state index is 0.233. The summed E-state index contributed by atoms with van der Waals surface area (Å²) in [5, 5.41) is 0. The molecule has 120 valence electrons. The molecular formula is C17H37N3. The van der Waals surface area contributed by atoms with Crippen LogP contribution in [0.1, 0.15) is 60.3 Å². The first kappa shape index (κ1) is 17.9. The van der Waals surface area contributed by atoms with Crippen LogP contribution in [0.15, 0.2) is 0 Å². The second kappa shape index (κ2) is 8.35. The molecule has 0 aliphatic carbocycles. The van der Waals surface area contributed by atoms with Crippen LogP contribution in [0.5, 0.6) is 0 Å². The lowest BCUT2D eigenvalue weighted by Gasteiger charge is -2.43. The van der Waals surface area contributed by atoms with E-state index in [0.717, 1.165) is 18.5 Å². The average Bonchev–Trinajstić information content (AvgIpc) is 2.96. The summed E-state index contributed by atoms with van der Waals surface area (Å²) in [4.78, 5) is 5.32. The fourth-order valence-electron chi connectivity index (χ4n) is 3.86. The highest BCUT2D eigenvalue weighted by Gasteiger charge is 2.39. The third kappa shape index (κ3) is 3.96. The first-order valence-corrected chi connectivity index (χ1v) is 8.75. The Morgan fingerprint density at radius 1 is 1.25 bits per heavy atom. The number of rotatable bonds is 9. The molecule has 0 aromatic carbocycles. The zero-order valence-corrected chi connectivity index (χ0v) is 14.5. The summed E-state index contributed by atoms with van der Waals surface area (Å²) < 4.78 is 0. The van der Waals surface area contributed by atoms with Crippen LogP contribution in [0.3, 0.4) is 0 Å². The van der Waals surface area contributed by atoms with Crippen molar-refractivity contribution in [2.75, 3.05) is 32.7 Å². The van der Waals surface area contributed by atoms with Crippen molar-refractivity contribution < 1.29 is 0 Å². The van der Waals surface area contributed by atoms with E-state index in [-0.39, 0.29) is 5.54 Å². The molecule has 1 rings (SSSR count). The highest BCUT2D eigenvalue weighted by molar-refractivity contribution is 4.97. The van der Waals surface area contributed by atoms with Crippen LogP contribution >= 0.6 is 0 Å². The number of nitrogens with two attached hydrogens (primary N) is 1. The second-order valence-electron chi connectivity index (χ2n) is 6.61. The van der Waals surface area contributed by atoms with Crippen LogP contribution in [0.4, 0.5) is 0 Å². The summed E-state index contributed by atoms with van der Waals surface area (Å²) in [6.45, 7) is 17.1. The smallest absolute Gasteiger partial charge is 0.0332 e. The van der Waals surface area contributed by atoms with Crippen molar-refractivity contribution in [2.45, 2.75) is 71.9 Å². The molecule has 0 bridgehead atoms. The second-order valence-corrected chi connectivity index (χ2v) is 6.61. The molecule has 20 heavy (non-hydrogen) atoms. The Kier molecular flexibility index (Phi) is 7.49. The SMILES string of the molecule is CCC(C)CC(CC)(CN)N1CCC(N(CC)CC)C1. The maximum atomic E-state index is 6.23. The van der Waals surface area contributed by atoms with Crippen molar-refractivity contribution in [1.82, 2.24) is 9.80 Å². The van der Waals surface area contributed by atoms with Gasteiger partial charge in [-0.25, -0.2) is 0 Å². The molecule has 3 nitrogen and oxygen atoms in total. The van der Waals surface area contributed by atoms with Gasteiger partial charge in [0, 0.05) is 31.2 Å². The zero-order chi connectivity index (χ0) is 15.2. The Balaban J connectivity index is 2.74. The number of hydrogen-bond acceptors (Lipinski definition) is 3. The fraction of sp³-hybridized carbons (Fsp3) is 1.00. The first-order valence-electron chi connectivity index (χ1n) is 8.75. The van der Waals surface area contributed by atoms with Gasteiger partial charge in [0.25, 0.3) is 0 Å². The Morgan fingerprint density at radius 3 is 2.35 bits per heavy atom. The number of likely N-dealkylation sites (N-methyl/N-ethyl adjacent to an activating group) is 1. The Labute approximate surface area is 126 Å². The monoisotopic (exact) mass is 283 g/mol. The van der Waals surface area contributed by atoms with Crippen LogP contribution < -0.4 is 5.73 Å². The van der Waals surface area contributed by atoms with Gasteiger partial charge in [0.15, 0.2) is 0 Å². The van der Waals surface area contributed by atoms with Gasteiger partial charge in [0.1, 0.15) is 0 Å². The Morgan fingerprint density at radius 2 is 1.90 bits per heavy atom. The van der Waals surface area contributed by atoms with Gasteiger partial charge in [-0.2, -0.15) is 0 Å². The van der Waals surface area contributed by atoms with E-state index < -0.39 is 0 Å². The third-order valence-electron chi connectivity index (χ3n) is 5.63. The van der Waals surface area contributed by atoms with E-state index in [1.165, 1.54) is 51.9 Å². The topological polar surface area (TPSA) is 32.5 Å². The van der Waals surface area contributed by atoms with Gasteiger partial charge in [0.2, 0.25) is 0 Å². The first-order chi connectivity index (χ1) is 9.56. The van der Waals surface area contributed by atoms with Crippen LogP contribution in [-0.4, -0.2) is 54.1 Å². The lowest BCUT2D eigenvalue weighted by Crippen LogP contribution is -2.54. The molecule has 1 aliphatic heterocycles. The molecule has 0 amide bonds. The summed E-state index contributed by atoms with van der Waals surface area (Å²) >= 11 is 0. The number of likely N-dealkylation sites (tertiary alicyclic amines) is 1. The van der Waals surface area contributed by atoms with Crippen molar-refractivity contribution in [3.05, 3.63) is 0 Å². The standard InChI is InChI=1S/C17H37N3/c1-6-15(5)12-17(7-2,14-18)20-11-10-16(13-20)19(8-3)9-4/h15-16H,6-14,18H2,1-5H3. The van der Waals surface area contributed by atoms with Gasteiger partial charge in [-0.1, -0.05) is 41.0 Å². The largest absolute Gasteiger partial charge is 0.329 e. The van der Waals surface area contributed by atoms with E-state index in [0.29, 0.717) is 0 Å². The van der Waals surface area contributed by atoms with Crippen LogP contribution in [0.2, 0.25) is 0 Å². The quantitative estimate of drug-likeness (QED) is 0.706. The molecule has 0 spiro atoms. The molecule has 0 radical (unpaired) electrons. The summed E-state index contributed by atoms with van der Waals surface area (Å²) in [5.74, 6) is 0.769. The minimum Gasteiger partial charge on any atom is -0.329 e. The van der Waals surface area contributed by atoms with E-state index in [9.17, 15) is 0 Å². The van der Waals surface area contributed by atoms with Gasteiger partial charge in [-0.15, -0.1) is 0 Å². The summed E-state index contributed by atoms with van der Waals surface area (Å²) in [7, 11) is 0. The number of nitrogens with zero attached hydrogens (tertiary/aromatic N) is 2. The van der Waals surface area contributed by atoms with Crippen molar-refractivity contribution in [3.8, 4) is 0 Å². The highest BCUT2D eigenvalue weighted by Crippen LogP contribution is 2.32. The molecule has 1 fully saturated rings. The summed E-state index contributed by atoms with van der Waals surface area (Å²) in [6, 6.07) is 0.736. The van der Waals surface area contributed by atoms with Gasteiger partial charge >= 0.3 is 0 Å². The van der Waals surface area contributed by atoms with Gasteiger partial charge in [-0.3, -0.25) is 9.80 Å². The normalized spacial score (nSPS) is 25.1. The molecule has 0 saturated carbocycles. The van der Waals surface area contributed by atoms with E-state index in [1.54, 1.807) is 0 Å².